The zero-order chi connectivity index (χ0) is 29.1. The van der Waals surface area contributed by atoms with E-state index in [9.17, 15) is 23.1 Å². The summed E-state index contributed by atoms with van der Waals surface area (Å²) in [6.45, 7) is 7.22. The van der Waals surface area contributed by atoms with Gasteiger partial charge in [-0.2, -0.15) is 0 Å². The number of aromatic nitrogens is 1. The first kappa shape index (κ1) is 30.1. The number of nitrogens with zero attached hydrogens (tertiary/aromatic N) is 1. The Bertz CT molecular complexity index is 1680. The first-order chi connectivity index (χ1) is 18.0. The van der Waals surface area contributed by atoms with Crippen molar-refractivity contribution in [2.75, 3.05) is 6.26 Å². The predicted octanol–water partition coefficient (Wildman–Crippen LogP) is 5.49. The Morgan fingerprint density at radius 3 is 2.18 bits per heavy atom. The van der Waals surface area contributed by atoms with E-state index in [2.05, 4.69) is 0 Å². The normalized spacial score (nSPS) is 11.7. The number of benzene rings is 3. The number of halogens is 1. The molecule has 4 aromatic rings. The molecule has 2 N–H and O–H groups in total. The van der Waals surface area contributed by atoms with Crippen LogP contribution in [0.25, 0.3) is 22.0 Å². The number of carbonyl (C=O) groups is 1. The summed E-state index contributed by atoms with van der Waals surface area (Å²) in [5.41, 5.74) is 3.47. The van der Waals surface area contributed by atoms with Gasteiger partial charge in [-0.25, -0.2) is 8.42 Å². The van der Waals surface area contributed by atoms with E-state index in [0.29, 0.717) is 21.7 Å². The van der Waals surface area contributed by atoms with E-state index in [0.717, 1.165) is 28.3 Å². The van der Waals surface area contributed by atoms with Crippen LogP contribution in [0.2, 0.25) is 5.02 Å². The summed E-state index contributed by atoms with van der Waals surface area (Å²) in [4.78, 5) is 24.7. The van der Waals surface area contributed by atoms with Gasteiger partial charge in [-0.1, -0.05) is 35.9 Å². The molecule has 3 aromatic carbocycles. The van der Waals surface area contributed by atoms with Gasteiger partial charge >= 0.3 is 5.97 Å². The summed E-state index contributed by atoms with van der Waals surface area (Å²) in [7, 11) is -3.39. The third-order valence-electron chi connectivity index (χ3n) is 5.75. The molecule has 0 aliphatic rings. The number of rotatable bonds is 6. The van der Waals surface area contributed by atoms with E-state index < -0.39 is 21.4 Å². The van der Waals surface area contributed by atoms with E-state index in [1.165, 1.54) is 12.1 Å². The van der Waals surface area contributed by atoms with Crippen molar-refractivity contribution in [1.82, 2.24) is 4.57 Å². The smallest absolute Gasteiger partial charge is 0.307 e. The Labute approximate surface area is 233 Å². The minimum absolute atomic E-state index is 0.164. The third kappa shape index (κ3) is 8.02. The van der Waals surface area contributed by atoms with Crippen LogP contribution in [0.1, 0.15) is 37.5 Å². The van der Waals surface area contributed by atoms with Crippen LogP contribution >= 0.6 is 11.6 Å². The summed E-state index contributed by atoms with van der Waals surface area (Å²) in [5.74, 6) is -0.955. The summed E-state index contributed by atoms with van der Waals surface area (Å²) in [5, 5.41) is 19.3. The fourth-order valence-corrected chi connectivity index (χ4v) is 4.98. The van der Waals surface area contributed by atoms with E-state index in [1.54, 1.807) is 61.7 Å². The fourth-order valence-electron chi connectivity index (χ4n) is 4.16. The van der Waals surface area contributed by atoms with Crippen molar-refractivity contribution in [3.05, 3.63) is 98.8 Å². The maximum Gasteiger partial charge on any atom is 0.307 e. The minimum Gasteiger partial charge on any atom is -0.481 e. The highest BCUT2D eigenvalue weighted by Crippen LogP contribution is 2.35. The summed E-state index contributed by atoms with van der Waals surface area (Å²) in [6.07, 6.45) is 0.969. The Morgan fingerprint density at radius 2 is 1.62 bits per heavy atom. The van der Waals surface area contributed by atoms with Crippen LogP contribution < -0.4 is 5.56 Å². The van der Waals surface area contributed by atoms with Gasteiger partial charge < -0.3 is 14.8 Å². The highest BCUT2D eigenvalue weighted by atomic mass is 35.5. The second-order valence-corrected chi connectivity index (χ2v) is 12.9. The molecule has 39 heavy (non-hydrogen) atoms. The van der Waals surface area contributed by atoms with Gasteiger partial charge in [0.25, 0.3) is 5.56 Å². The first-order valence-corrected chi connectivity index (χ1v) is 14.5. The Hall–Kier alpha value is -3.46. The Morgan fingerprint density at radius 1 is 1.00 bits per heavy atom. The van der Waals surface area contributed by atoms with Crippen LogP contribution in [0.15, 0.2) is 76.4 Å². The fraction of sp³-hybridized carbons (Fsp3) is 0.267. The SMILES string of the molecule is CC(C)(C)O.Cc1cc2c(ccc(=O)n2Cc2cccc(S(C)(=O)=O)c2)c(-c2ccc(Cl)cc2)c1CC(=O)O. The van der Waals surface area contributed by atoms with Gasteiger partial charge in [-0.15, -0.1) is 0 Å². The number of pyridine rings is 1. The zero-order valence-electron chi connectivity index (χ0n) is 22.5. The monoisotopic (exact) mass is 569 g/mol. The van der Waals surface area contributed by atoms with Crippen molar-refractivity contribution in [2.45, 2.75) is 51.2 Å². The second kappa shape index (κ2) is 11.7. The molecule has 0 saturated carbocycles. The lowest BCUT2D eigenvalue weighted by molar-refractivity contribution is -0.136. The van der Waals surface area contributed by atoms with Crippen molar-refractivity contribution in [3.8, 4) is 11.1 Å². The quantitative estimate of drug-likeness (QED) is 0.317. The molecule has 206 valence electrons. The number of sulfone groups is 1. The number of fused-ring (bicyclic) bond motifs is 1. The van der Waals surface area contributed by atoms with Crippen LogP contribution in [0.4, 0.5) is 0 Å². The Kier molecular flexibility index (Phi) is 9.05. The highest BCUT2D eigenvalue weighted by molar-refractivity contribution is 7.90. The Balaban J connectivity index is 0.000000771. The molecule has 9 heteroatoms. The van der Waals surface area contributed by atoms with E-state index in [1.807, 2.05) is 25.1 Å². The van der Waals surface area contributed by atoms with E-state index in [-0.39, 0.29) is 23.4 Å². The summed E-state index contributed by atoms with van der Waals surface area (Å²) < 4.78 is 25.6. The lowest BCUT2D eigenvalue weighted by Crippen LogP contribution is -2.21. The van der Waals surface area contributed by atoms with E-state index in [4.69, 9.17) is 16.7 Å². The molecule has 0 atom stereocenters. The van der Waals surface area contributed by atoms with Crippen molar-refractivity contribution in [1.29, 1.82) is 0 Å². The van der Waals surface area contributed by atoms with Crippen LogP contribution in [-0.4, -0.2) is 41.0 Å². The molecule has 0 radical (unpaired) electrons. The molecular formula is C30H32ClNO6S. The molecule has 0 fully saturated rings. The molecule has 0 spiro atoms. The molecule has 0 aliphatic carbocycles. The number of hydrogen-bond acceptors (Lipinski definition) is 5. The molecule has 1 heterocycles. The van der Waals surface area contributed by atoms with Crippen LogP contribution in [-0.2, 0) is 27.6 Å². The molecule has 1 aromatic heterocycles. The van der Waals surface area contributed by atoms with Crippen molar-refractivity contribution in [3.63, 3.8) is 0 Å². The van der Waals surface area contributed by atoms with Gasteiger partial charge in [0, 0.05) is 22.7 Å². The van der Waals surface area contributed by atoms with Gasteiger partial charge in [0.15, 0.2) is 9.84 Å². The minimum atomic E-state index is -3.39. The van der Waals surface area contributed by atoms with Gasteiger partial charge in [0.1, 0.15) is 0 Å². The number of hydrogen-bond donors (Lipinski definition) is 2. The highest BCUT2D eigenvalue weighted by Gasteiger charge is 2.18. The second-order valence-electron chi connectivity index (χ2n) is 10.4. The number of carboxylic acid groups (broad SMARTS) is 1. The van der Waals surface area contributed by atoms with Crippen LogP contribution in [0, 0.1) is 6.92 Å². The number of aliphatic carboxylic acids is 1. The first-order valence-electron chi connectivity index (χ1n) is 12.2. The van der Waals surface area contributed by atoms with E-state index >= 15 is 0 Å². The van der Waals surface area contributed by atoms with Gasteiger partial charge in [0.05, 0.1) is 29.0 Å². The standard InChI is InChI=1S/C26H22ClNO5S.C4H10O/c1-16-12-23-21(26(22(16)14-25(30)31)18-6-8-19(27)9-7-18)10-11-24(29)28(23)15-17-4-3-5-20(13-17)34(2,32)33;1-4(2,3)5/h3-13H,14-15H2,1-2H3,(H,30,31);5H,1-3H3. The topological polar surface area (TPSA) is 114 Å². The maximum atomic E-state index is 12.9. The van der Waals surface area contributed by atoms with Crippen LogP contribution in [0.5, 0.6) is 0 Å². The zero-order valence-corrected chi connectivity index (χ0v) is 24.1. The average Bonchev–Trinajstić information content (AvgIpc) is 2.81. The summed E-state index contributed by atoms with van der Waals surface area (Å²) >= 11 is 6.07. The molecule has 0 unspecified atom stereocenters. The predicted molar refractivity (Wildman–Crippen MR) is 155 cm³/mol. The number of carboxylic acids is 1. The molecule has 7 nitrogen and oxygen atoms in total. The number of aliphatic hydroxyl groups is 1. The lowest BCUT2D eigenvalue weighted by atomic mass is 9.90. The van der Waals surface area contributed by atoms with Gasteiger partial charge in [-0.05, 0) is 91.9 Å². The van der Waals surface area contributed by atoms with Crippen molar-refractivity contribution >= 4 is 38.3 Å². The molecule has 0 saturated heterocycles. The molecule has 0 bridgehead atoms. The summed E-state index contributed by atoms with van der Waals surface area (Å²) in [6, 6.07) is 18.6. The average molecular weight is 570 g/mol. The molecular weight excluding hydrogens is 538 g/mol. The largest absolute Gasteiger partial charge is 0.481 e. The van der Waals surface area contributed by atoms with Crippen LogP contribution in [0.3, 0.4) is 0 Å². The van der Waals surface area contributed by atoms with Crippen molar-refractivity contribution < 1.29 is 23.4 Å². The van der Waals surface area contributed by atoms with Gasteiger partial charge in [-0.3, -0.25) is 9.59 Å². The molecule has 4 rings (SSSR count). The molecule has 0 aliphatic heterocycles. The lowest BCUT2D eigenvalue weighted by Gasteiger charge is -2.19. The maximum absolute atomic E-state index is 12.9. The number of aryl methyl sites for hydroxylation is 1. The van der Waals surface area contributed by atoms with Gasteiger partial charge in [0.2, 0.25) is 0 Å². The third-order valence-corrected chi connectivity index (χ3v) is 7.12. The molecule has 0 amide bonds. The van der Waals surface area contributed by atoms with Crippen molar-refractivity contribution in [2.24, 2.45) is 0 Å².